The molecule has 2 heterocycles. The van der Waals surface area contributed by atoms with Crippen LogP contribution in [0.5, 0.6) is 0 Å². The highest BCUT2D eigenvalue weighted by Gasteiger charge is 2.15. The lowest BCUT2D eigenvalue weighted by Crippen LogP contribution is -2.33. The summed E-state index contributed by atoms with van der Waals surface area (Å²) in [4.78, 5) is 2.16. The lowest BCUT2D eigenvalue weighted by molar-refractivity contribution is 0.159. The van der Waals surface area contributed by atoms with Crippen LogP contribution in [-0.2, 0) is 6.54 Å². The van der Waals surface area contributed by atoms with E-state index in [9.17, 15) is 5.26 Å². The Morgan fingerprint density at radius 1 is 1.42 bits per heavy atom. The Hall–Kier alpha value is -1.83. The second-order valence-corrected chi connectivity index (χ2v) is 4.92. The molecule has 0 bridgehead atoms. The Labute approximate surface area is 113 Å². The fraction of sp³-hybridized carbons (Fsp3) is 0.400. The smallest absolute Gasteiger partial charge is 0.102 e. The van der Waals surface area contributed by atoms with Gasteiger partial charge in [-0.1, -0.05) is 6.07 Å². The Morgan fingerprint density at radius 3 is 2.84 bits per heavy atom. The first-order valence-electron chi connectivity index (χ1n) is 6.51. The molecule has 0 saturated carbocycles. The minimum atomic E-state index is 0.132. The van der Waals surface area contributed by atoms with Gasteiger partial charge in [-0.3, -0.25) is 4.90 Å². The van der Waals surface area contributed by atoms with Crippen LogP contribution in [0.2, 0.25) is 0 Å². The maximum absolute atomic E-state index is 9.36. The summed E-state index contributed by atoms with van der Waals surface area (Å²) in [6.45, 7) is 5.62. The van der Waals surface area contributed by atoms with Gasteiger partial charge in [-0.05, 0) is 26.0 Å². The number of aliphatic hydroxyl groups excluding tert-OH is 1. The Morgan fingerprint density at radius 2 is 2.21 bits per heavy atom. The van der Waals surface area contributed by atoms with Crippen molar-refractivity contribution in [1.29, 1.82) is 5.26 Å². The summed E-state index contributed by atoms with van der Waals surface area (Å²) >= 11 is 0. The molecular weight excluding hydrogens is 238 g/mol. The van der Waals surface area contributed by atoms with Crippen molar-refractivity contribution in [3.8, 4) is 6.07 Å². The number of nitrogens with zero attached hydrogens (tertiary/aromatic N) is 3. The van der Waals surface area contributed by atoms with Crippen LogP contribution in [0.1, 0.15) is 25.0 Å². The lowest BCUT2D eigenvalue weighted by atomic mass is 10.1. The maximum atomic E-state index is 9.36. The van der Waals surface area contributed by atoms with E-state index in [1.165, 1.54) is 0 Å². The van der Waals surface area contributed by atoms with Crippen molar-refractivity contribution in [2.75, 3.05) is 13.2 Å². The zero-order chi connectivity index (χ0) is 13.8. The van der Waals surface area contributed by atoms with E-state index < -0.39 is 0 Å². The summed E-state index contributed by atoms with van der Waals surface area (Å²) in [5, 5.41) is 18.5. The second kappa shape index (κ2) is 5.87. The van der Waals surface area contributed by atoms with Crippen LogP contribution in [-0.4, -0.2) is 33.6 Å². The molecule has 4 heteroatoms. The van der Waals surface area contributed by atoms with E-state index in [4.69, 9.17) is 5.11 Å². The first kappa shape index (κ1) is 13.6. The van der Waals surface area contributed by atoms with E-state index in [1.807, 2.05) is 35.0 Å². The molecule has 100 valence electrons. The number of pyridine rings is 1. The third-order valence-electron chi connectivity index (χ3n) is 3.36. The minimum Gasteiger partial charge on any atom is -0.395 e. The number of fused-ring (bicyclic) bond motifs is 1. The van der Waals surface area contributed by atoms with Gasteiger partial charge in [-0.15, -0.1) is 0 Å². The van der Waals surface area contributed by atoms with E-state index >= 15 is 0 Å². The minimum absolute atomic E-state index is 0.132. The van der Waals surface area contributed by atoms with Gasteiger partial charge in [-0.2, -0.15) is 5.26 Å². The molecule has 0 aliphatic rings. The Kier molecular flexibility index (Phi) is 4.20. The standard InChI is InChI=1S/C15H19N3O/c1-12(2)17(7-8-19)10-13-11-18-6-4-3-5-15(18)14(13)9-16/h3-6,11-12,19H,7-8,10H2,1-2H3. The van der Waals surface area contributed by atoms with Crippen LogP contribution >= 0.6 is 0 Å². The number of nitriles is 1. The molecule has 0 unspecified atom stereocenters. The Balaban J connectivity index is 2.37. The van der Waals surface area contributed by atoms with Crippen LogP contribution in [0, 0.1) is 11.3 Å². The highest BCUT2D eigenvalue weighted by molar-refractivity contribution is 5.65. The number of hydrogen-bond acceptors (Lipinski definition) is 3. The molecule has 0 aliphatic heterocycles. The average molecular weight is 257 g/mol. The maximum Gasteiger partial charge on any atom is 0.102 e. The van der Waals surface area contributed by atoms with Gasteiger partial charge >= 0.3 is 0 Å². The van der Waals surface area contributed by atoms with Crippen molar-refractivity contribution < 1.29 is 5.11 Å². The molecule has 2 aromatic rings. The first-order valence-corrected chi connectivity index (χ1v) is 6.51. The largest absolute Gasteiger partial charge is 0.395 e. The number of aliphatic hydroxyl groups is 1. The van der Waals surface area contributed by atoms with Crippen molar-refractivity contribution in [3.63, 3.8) is 0 Å². The van der Waals surface area contributed by atoms with Crippen molar-refractivity contribution in [2.45, 2.75) is 26.4 Å². The van der Waals surface area contributed by atoms with Gasteiger partial charge < -0.3 is 9.51 Å². The summed E-state index contributed by atoms with van der Waals surface area (Å²) < 4.78 is 1.98. The van der Waals surface area contributed by atoms with Crippen molar-refractivity contribution >= 4 is 5.52 Å². The predicted octanol–water partition coefficient (Wildman–Crippen LogP) is 2.01. The van der Waals surface area contributed by atoms with Crippen molar-refractivity contribution in [2.24, 2.45) is 0 Å². The van der Waals surface area contributed by atoms with Gasteiger partial charge in [0.1, 0.15) is 6.07 Å². The fourth-order valence-electron chi connectivity index (χ4n) is 2.29. The summed E-state index contributed by atoms with van der Waals surface area (Å²) in [6.07, 6.45) is 3.95. The van der Waals surface area contributed by atoms with Gasteiger partial charge in [0.05, 0.1) is 17.7 Å². The van der Waals surface area contributed by atoms with Crippen LogP contribution in [0.15, 0.2) is 30.6 Å². The lowest BCUT2D eigenvalue weighted by Gasteiger charge is -2.25. The van der Waals surface area contributed by atoms with Crippen LogP contribution in [0.25, 0.3) is 5.52 Å². The number of aromatic nitrogens is 1. The van der Waals surface area contributed by atoms with E-state index in [-0.39, 0.29) is 6.61 Å². The normalized spacial score (nSPS) is 11.4. The zero-order valence-electron chi connectivity index (χ0n) is 11.4. The molecule has 4 nitrogen and oxygen atoms in total. The Bertz CT molecular complexity index is 595. The van der Waals surface area contributed by atoms with E-state index in [0.29, 0.717) is 19.1 Å². The van der Waals surface area contributed by atoms with Crippen LogP contribution in [0.4, 0.5) is 0 Å². The fourth-order valence-corrected chi connectivity index (χ4v) is 2.29. The molecule has 2 aromatic heterocycles. The molecule has 0 atom stereocenters. The molecule has 0 saturated heterocycles. The molecule has 0 fully saturated rings. The van der Waals surface area contributed by atoms with E-state index in [2.05, 4.69) is 24.8 Å². The summed E-state index contributed by atoms with van der Waals surface area (Å²) in [6, 6.07) is 8.47. The average Bonchev–Trinajstić information content (AvgIpc) is 2.75. The van der Waals surface area contributed by atoms with Gasteiger partial charge in [0, 0.05) is 37.1 Å². The third kappa shape index (κ3) is 2.78. The topological polar surface area (TPSA) is 51.7 Å². The van der Waals surface area contributed by atoms with Crippen molar-refractivity contribution in [3.05, 3.63) is 41.7 Å². The molecule has 0 amide bonds. The predicted molar refractivity (Wildman–Crippen MR) is 74.7 cm³/mol. The number of hydrogen-bond donors (Lipinski definition) is 1. The van der Waals surface area contributed by atoms with E-state index in [0.717, 1.165) is 16.6 Å². The van der Waals surface area contributed by atoms with Crippen LogP contribution < -0.4 is 0 Å². The zero-order valence-corrected chi connectivity index (χ0v) is 11.4. The van der Waals surface area contributed by atoms with Crippen molar-refractivity contribution in [1.82, 2.24) is 9.30 Å². The molecular formula is C15H19N3O. The quantitative estimate of drug-likeness (QED) is 0.891. The molecule has 0 radical (unpaired) electrons. The SMILES string of the molecule is CC(C)N(CCO)Cc1cn2ccccc2c1C#N. The highest BCUT2D eigenvalue weighted by Crippen LogP contribution is 2.20. The second-order valence-electron chi connectivity index (χ2n) is 4.92. The van der Waals surface area contributed by atoms with Gasteiger partial charge in [0.25, 0.3) is 0 Å². The van der Waals surface area contributed by atoms with Gasteiger partial charge in [0.15, 0.2) is 0 Å². The number of rotatable bonds is 5. The van der Waals surface area contributed by atoms with Crippen LogP contribution in [0.3, 0.4) is 0 Å². The monoisotopic (exact) mass is 257 g/mol. The van der Waals surface area contributed by atoms with Gasteiger partial charge in [-0.25, -0.2) is 0 Å². The summed E-state index contributed by atoms with van der Waals surface area (Å²) in [5.41, 5.74) is 2.67. The molecule has 1 N–H and O–H groups in total. The summed E-state index contributed by atoms with van der Waals surface area (Å²) in [5.74, 6) is 0. The molecule has 2 rings (SSSR count). The molecule has 19 heavy (non-hydrogen) atoms. The molecule has 0 spiro atoms. The third-order valence-corrected chi connectivity index (χ3v) is 3.36. The molecule has 0 aromatic carbocycles. The summed E-state index contributed by atoms with van der Waals surface area (Å²) in [7, 11) is 0. The highest BCUT2D eigenvalue weighted by atomic mass is 16.3. The molecule has 0 aliphatic carbocycles. The van der Waals surface area contributed by atoms with E-state index in [1.54, 1.807) is 0 Å². The van der Waals surface area contributed by atoms with Gasteiger partial charge in [0.2, 0.25) is 0 Å². The first-order chi connectivity index (χ1) is 9.17.